The number of rotatable bonds is 2. The van der Waals surface area contributed by atoms with Gasteiger partial charge in [0.1, 0.15) is 0 Å². The van der Waals surface area contributed by atoms with Gasteiger partial charge in [-0.15, -0.1) is 0 Å². The van der Waals surface area contributed by atoms with Gasteiger partial charge in [-0.25, -0.2) is 0 Å². The molecule has 92 valence electrons. The Labute approximate surface area is 114 Å². The van der Waals surface area contributed by atoms with Crippen molar-refractivity contribution in [1.29, 1.82) is 0 Å². The van der Waals surface area contributed by atoms with Crippen LogP contribution >= 0.6 is 27.5 Å². The van der Waals surface area contributed by atoms with E-state index in [2.05, 4.69) is 20.8 Å². The smallest absolute Gasteiger partial charge is 0.255 e. The first-order chi connectivity index (χ1) is 7.99. The zero-order chi connectivity index (χ0) is 12.6. The van der Waals surface area contributed by atoms with Crippen LogP contribution in [0.1, 0.15) is 10.4 Å². The lowest BCUT2D eigenvalue weighted by Crippen LogP contribution is -2.59. The molecule has 0 bridgehead atoms. The van der Waals surface area contributed by atoms with Crippen LogP contribution in [0.2, 0.25) is 5.02 Å². The van der Waals surface area contributed by atoms with E-state index >= 15 is 0 Å². The Morgan fingerprint density at radius 2 is 2.12 bits per heavy atom. The summed E-state index contributed by atoms with van der Waals surface area (Å²) in [5, 5.41) is 0.498. The lowest BCUT2D eigenvalue weighted by atomic mass is 10.1. The highest BCUT2D eigenvalue weighted by Crippen LogP contribution is 2.24. The molecule has 0 saturated carbocycles. The van der Waals surface area contributed by atoms with Crippen molar-refractivity contribution in [3.63, 3.8) is 0 Å². The highest BCUT2D eigenvalue weighted by atomic mass is 79.9. The maximum atomic E-state index is 12.1. The number of carbonyl (C=O) groups is 1. The molecule has 1 aliphatic heterocycles. The summed E-state index contributed by atoms with van der Waals surface area (Å²) in [5.41, 5.74) is 0.576. The number of benzene rings is 1. The van der Waals surface area contributed by atoms with Gasteiger partial charge in [0, 0.05) is 23.6 Å². The third-order valence-electron chi connectivity index (χ3n) is 3.04. The Morgan fingerprint density at radius 3 is 2.65 bits per heavy atom. The molecular formula is C12H14BrClN2O. The monoisotopic (exact) mass is 316 g/mol. The predicted octanol–water partition coefficient (Wildman–Crippen LogP) is 2.49. The average molecular weight is 318 g/mol. The molecule has 1 heterocycles. The zero-order valence-electron chi connectivity index (χ0n) is 9.78. The average Bonchev–Trinajstić information content (AvgIpc) is 2.13. The molecule has 5 heteroatoms. The summed E-state index contributed by atoms with van der Waals surface area (Å²) in [6.45, 7) is 1.55. The normalized spacial score (nSPS) is 16.2. The summed E-state index contributed by atoms with van der Waals surface area (Å²) in [4.78, 5) is 16.1. The van der Waals surface area contributed by atoms with Crippen LogP contribution in [0.4, 0.5) is 0 Å². The van der Waals surface area contributed by atoms with Crippen LogP contribution in [0, 0.1) is 0 Å². The second-order valence-electron chi connectivity index (χ2n) is 4.45. The number of hydrogen-bond donors (Lipinski definition) is 0. The van der Waals surface area contributed by atoms with Crippen molar-refractivity contribution in [2.75, 3.05) is 27.2 Å². The molecule has 0 spiro atoms. The highest BCUT2D eigenvalue weighted by Gasteiger charge is 2.32. The molecule has 1 aliphatic rings. The van der Waals surface area contributed by atoms with Crippen molar-refractivity contribution < 1.29 is 4.79 Å². The molecule has 0 atom stereocenters. The summed E-state index contributed by atoms with van der Waals surface area (Å²) >= 11 is 9.39. The van der Waals surface area contributed by atoms with Gasteiger partial charge in [-0.2, -0.15) is 0 Å². The molecule has 1 aromatic rings. The Morgan fingerprint density at radius 1 is 1.47 bits per heavy atom. The van der Waals surface area contributed by atoms with Gasteiger partial charge < -0.3 is 9.80 Å². The van der Waals surface area contributed by atoms with Crippen LogP contribution in [0.15, 0.2) is 22.7 Å². The number of likely N-dealkylation sites (tertiary alicyclic amines) is 1. The predicted molar refractivity (Wildman–Crippen MR) is 72.5 cm³/mol. The van der Waals surface area contributed by atoms with Crippen LogP contribution in [0.25, 0.3) is 0 Å². The molecule has 3 nitrogen and oxygen atoms in total. The summed E-state index contributed by atoms with van der Waals surface area (Å²) < 4.78 is 0.883. The third-order valence-corrected chi connectivity index (χ3v) is 3.85. The topological polar surface area (TPSA) is 23.6 Å². The first-order valence-electron chi connectivity index (χ1n) is 5.40. The molecule has 2 rings (SSSR count). The van der Waals surface area contributed by atoms with E-state index in [0.717, 1.165) is 17.6 Å². The molecule has 0 N–H and O–H groups in total. The van der Waals surface area contributed by atoms with Gasteiger partial charge in [-0.3, -0.25) is 4.79 Å². The summed E-state index contributed by atoms with van der Waals surface area (Å²) in [6, 6.07) is 5.81. The van der Waals surface area contributed by atoms with Crippen LogP contribution in [0.3, 0.4) is 0 Å². The molecule has 0 radical (unpaired) electrons. The number of carbonyl (C=O) groups excluding carboxylic acids is 1. The van der Waals surface area contributed by atoms with Crippen molar-refractivity contribution in [1.82, 2.24) is 9.80 Å². The highest BCUT2D eigenvalue weighted by molar-refractivity contribution is 9.10. The Balaban J connectivity index is 2.07. The summed E-state index contributed by atoms with van der Waals surface area (Å²) in [7, 11) is 4.05. The fourth-order valence-corrected chi connectivity index (χ4v) is 2.54. The lowest BCUT2D eigenvalue weighted by Gasteiger charge is -2.42. The van der Waals surface area contributed by atoms with E-state index in [-0.39, 0.29) is 5.91 Å². The van der Waals surface area contributed by atoms with Crippen molar-refractivity contribution in [3.8, 4) is 0 Å². The number of amides is 1. The third kappa shape index (κ3) is 2.64. The number of likely N-dealkylation sites (N-methyl/N-ethyl adjacent to an activating group) is 1. The van der Waals surface area contributed by atoms with Gasteiger partial charge in [0.2, 0.25) is 0 Å². The fourth-order valence-electron chi connectivity index (χ4n) is 1.78. The largest absolute Gasteiger partial charge is 0.335 e. The van der Waals surface area contributed by atoms with Crippen molar-refractivity contribution in [2.45, 2.75) is 6.04 Å². The summed E-state index contributed by atoms with van der Waals surface area (Å²) in [5.74, 6) is 0.0144. The van der Waals surface area contributed by atoms with Crippen LogP contribution in [-0.2, 0) is 0 Å². The minimum absolute atomic E-state index is 0.0144. The summed E-state index contributed by atoms with van der Waals surface area (Å²) in [6.07, 6.45) is 0. The lowest BCUT2D eigenvalue weighted by molar-refractivity contribution is 0.0399. The van der Waals surface area contributed by atoms with Gasteiger partial charge in [0.25, 0.3) is 5.91 Å². The van der Waals surface area contributed by atoms with E-state index in [0.29, 0.717) is 16.6 Å². The van der Waals surface area contributed by atoms with E-state index in [1.54, 1.807) is 12.1 Å². The maximum Gasteiger partial charge on any atom is 0.255 e. The first kappa shape index (κ1) is 12.9. The minimum atomic E-state index is 0.0144. The fraction of sp³-hybridized carbons (Fsp3) is 0.417. The van der Waals surface area contributed by atoms with Gasteiger partial charge in [-0.1, -0.05) is 27.5 Å². The quantitative estimate of drug-likeness (QED) is 0.837. The van der Waals surface area contributed by atoms with Crippen molar-refractivity contribution >= 4 is 33.4 Å². The van der Waals surface area contributed by atoms with E-state index in [1.807, 2.05) is 25.1 Å². The van der Waals surface area contributed by atoms with Gasteiger partial charge in [-0.05, 0) is 32.3 Å². The molecule has 1 saturated heterocycles. The molecule has 0 aliphatic carbocycles. The molecule has 0 unspecified atom stereocenters. The number of hydrogen-bond acceptors (Lipinski definition) is 2. The molecule has 1 aromatic carbocycles. The van der Waals surface area contributed by atoms with E-state index in [9.17, 15) is 4.79 Å². The molecule has 1 amide bonds. The van der Waals surface area contributed by atoms with Crippen LogP contribution < -0.4 is 0 Å². The second-order valence-corrected chi connectivity index (χ2v) is 5.77. The maximum absolute atomic E-state index is 12.1. The van der Waals surface area contributed by atoms with Gasteiger partial charge in [0.05, 0.1) is 10.6 Å². The number of halogens is 2. The van der Waals surface area contributed by atoms with E-state index < -0.39 is 0 Å². The molecule has 17 heavy (non-hydrogen) atoms. The van der Waals surface area contributed by atoms with Crippen LogP contribution in [0.5, 0.6) is 0 Å². The van der Waals surface area contributed by atoms with Crippen molar-refractivity contribution in [2.24, 2.45) is 0 Å². The number of nitrogens with zero attached hydrogens (tertiary/aromatic N) is 2. The molecule has 0 aromatic heterocycles. The second kappa shape index (κ2) is 4.96. The van der Waals surface area contributed by atoms with Gasteiger partial charge >= 0.3 is 0 Å². The van der Waals surface area contributed by atoms with Crippen LogP contribution in [-0.4, -0.2) is 48.9 Å². The molecular weight excluding hydrogens is 304 g/mol. The SMILES string of the molecule is CN(C)C1CN(C(=O)c2ccc(Br)cc2Cl)C1. The Kier molecular flexibility index (Phi) is 3.76. The molecule has 1 fully saturated rings. The van der Waals surface area contributed by atoms with Gasteiger partial charge in [0.15, 0.2) is 0 Å². The van der Waals surface area contributed by atoms with E-state index in [1.165, 1.54) is 0 Å². The standard InChI is InChI=1S/C12H14BrClN2O/c1-15(2)9-6-16(7-9)12(17)10-4-3-8(13)5-11(10)14/h3-5,9H,6-7H2,1-2H3. The van der Waals surface area contributed by atoms with E-state index in [4.69, 9.17) is 11.6 Å². The first-order valence-corrected chi connectivity index (χ1v) is 6.57. The van der Waals surface area contributed by atoms with Crippen molar-refractivity contribution in [3.05, 3.63) is 33.3 Å². The Hall–Kier alpha value is -0.580. The zero-order valence-corrected chi connectivity index (χ0v) is 12.1. The Bertz CT molecular complexity index is 444. The minimum Gasteiger partial charge on any atom is -0.335 e.